The average molecular weight is 317 g/mol. The molecular weight excluding hydrogens is 299 g/mol. The Labute approximate surface area is 115 Å². The second kappa shape index (κ2) is 6.85. The summed E-state index contributed by atoms with van der Waals surface area (Å²) in [5, 5.41) is 3.03. The Morgan fingerprint density at radius 3 is 2.78 bits per heavy atom. The number of carbonyl (C=O) groups is 1. The molecule has 0 radical (unpaired) electrons. The number of nitrogens with one attached hydrogen (secondary N) is 1. The van der Waals surface area contributed by atoms with Crippen molar-refractivity contribution in [3.05, 3.63) is 34.1 Å². The molecule has 1 aromatic carbocycles. The molecule has 0 spiro atoms. The molecule has 0 aromatic heterocycles. The van der Waals surface area contributed by atoms with E-state index in [0.29, 0.717) is 16.6 Å². The van der Waals surface area contributed by atoms with Gasteiger partial charge in [0.05, 0.1) is 6.54 Å². The first-order valence-corrected chi connectivity index (χ1v) is 6.67. The van der Waals surface area contributed by atoms with E-state index in [-0.39, 0.29) is 24.3 Å². The maximum absolute atomic E-state index is 13.7. The minimum atomic E-state index is -0.277. The van der Waals surface area contributed by atoms with Crippen molar-refractivity contribution in [1.29, 1.82) is 0 Å². The second-order valence-electron chi connectivity index (χ2n) is 4.18. The quantitative estimate of drug-likeness (QED) is 0.906. The lowest BCUT2D eigenvalue weighted by atomic mass is 10.1. The Bertz CT molecular complexity index is 425. The third-order valence-corrected chi connectivity index (χ3v) is 3.38. The van der Waals surface area contributed by atoms with E-state index in [1.165, 1.54) is 6.07 Å². The van der Waals surface area contributed by atoms with Crippen molar-refractivity contribution in [3.8, 4) is 0 Å². The van der Waals surface area contributed by atoms with Gasteiger partial charge in [-0.2, -0.15) is 0 Å². The molecule has 1 atom stereocenters. The fourth-order valence-electron chi connectivity index (χ4n) is 1.51. The van der Waals surface area contributed by atoms with Crippen LogP contribution in [0.25, 0.3) is 0 Å². The molecule has 100 valence electrons. The lowest BCUT2D eigenvalue weighted by Crippen LogP contribution is -2.36. The van der Waals surface area contributed by atoms with Gasteiger partial charge in [0.15, 0.2) is 0 Å². The van der Waals surface area contributed by atoms with Crippen molar-refractivity contribution in [3.63, 3.8) is 0 Å². The molecule has 1 aromatic rings. The molecule has 1 amide bonds. The monoisotopic (exact) mass is 316 g/mol. The van der Waals surface area contributed by atoms with Crippen LogP contribution in [-0.4, -0.2) is 30.9 Å². The van der Waals surface area contributed by atoms with E-state index in [4.69, 9.17) is 0 Å². The fraction of sp³-hybridized carbons (Fsp3) is 0.462. The Kier molecular flexibility index (Phi) is 5.75. The van der Waals surface area contributed by atoms with Gasteiger partial charge in [0.1, 0.15) is 5.82 Å². The summed E-state index contributed by atoms with van der Waals surface area (Å²) in [4.78, 5) is 13.2. The van der Waals surface area contributed by atoms with Crippen LogP contribution in [0.3, 0.4) is 0 Å². The van der Waals surface area contributed by atoms with Gasteiger partial charge in [0.2, 0.25) is 5.91 Å². The molecule has 0 fully saturated rings. The zero-order valence-electron chi connectivity index (χ0n) is 10.8. The van der Waals surface area contributed by atoms with Crippen LogP contribution in [0.1, 0.15) is 25.5 Å². The van der Waals surface area contributed by atoms with E-state index in [1.807, 2.05) is 13.8 Å². The van der Waals surface area contributed by atoms with E-state index in [2.05, 4.69) is 21.2 Å². The maximum atomic E-state index is 13.7. The minimum absolute atomic E-state index is 0.00173. The van der Waals surface area contributed by atoms with Crippen LogP contribution in [0.4, 0.5) is 4.39 Å². The molecule has 0 aliphatic carbocycles. The van der Waals surface area contributed by atoms with Crippen molar-refractivity contribution < 1.29 is 9.18 Å². The first kappa shape index (κ1) is 15.1. The standard InChI is InChI=1S/C13H18BrFN2O/c1-4-17(3)13(18)8-16-9(2)11-6-5-10(14)7-12(11)15/h5-7,9,16H,4,8H2,1-3H3/t9-/m0/s1. The predicted octanol–water partition coefficient (Wildman–Crippen LogP) is 2.72. The summed E-state index contributed by atoms with van der Waals surface area (Å²) in [5.41, 5.74) is 0.560. The molecule has 3 nitrogen and oxygen atoms in total. The summed E-state index contributed by atoms with van der Waals surface area (Å²) in [5.74, 6) is -0.275. The Balaban J connectivity index is 2.60. The molecule has 0 aliphatic rings. The van der Waals surface area contributed by atoms with Gasteiger partial charge < -0.3 is 10.2 Å². The smallest absolute Gasteiger partial charge is 0.236 e. The first-order chi connectivity index (χ1) is 8.45. The molecular formula is C13H18BrFN2O. The van der Waals surface area contributed by atoms with Crippen LogP contribution in [0, 0.1) is 5.82 Å². The molecule has 0 bridgehead atoms. The normalized spacial score (nSPS) is 12.3. The van der Waals surface area contributed by atoms with E-state index >= 15 is 0 Å². The lowest BCUT2D eigenvalue weighted by molar-refractivity contribution is -0.128. The van der Waals surface area contributed by atoms with Crippen LogP contribution in [-0.2, 0) is 4.79 Å². The molecule has 1 N–H and O–H groups in total. The molecule has 18 heavy (non-hydrogen) atoms. The van der Waals surface area contributed by atoms with Gasteiger partial charge >= 0.3 is 0 Å². The highest BCUT2D eigenvalue weighted by molar-refractivity contribution is 9.10. The molecule has 0 heterocycles. The summed E-state index contributed by atoms with van der Waals surface area (Å²) in [7, 11) is 1.74. The predicted molar refractivity (Wildman–Crippen MR) is 73.8 cm³/mol. The Morgan fingerprint density at radius 2 is 2.22 bits per heavy atom. The molecule has 0 aliphatic heterocycles. The Hall–Kier alpha value is -0.940. The summed E-state index contributed by atoms with van der Waals surface area (Å²) in [6.45, 7) is 4.63. The van der Waals surface area contributed by atoms with Crippen LogP contribution < -0.4 is 5.32 Å². The summed E-state index contributed by atoms with van der Waals surface area (Å²) < 4.78 is 14.4. The summed E-state index contributed by atoms with van der Waals surface area (Å²) >= 11 is 3.21. The maximum Gasteiger partial charge on any atom is 0.236 e. The third kappa shape index (κ3) is 4.07. The number of benzene rings is 1. The molecule has 0 unspecified atom stereocenters. The summed E-state index contributed by atoms with van der Waals surface area (Å²) in [6.07, 6.45) is 0. The van der Waals surface area contributed by atoms with Gasteiger partial charge in [-0.1, -0.05) is 22.0 Å². The number of likely N-dealkylation sites (N-methyl/N-ethyl adjacent to an activating group) is 1. The second-order valence-corrected chi connectivity index (χ2v) is 5.09. The highest BCUT2D eigenvalue weighted by Crippen LogP contribution is 2.20. The minimum Gasteiger partial charge on any atom is -0.345 e. The number of amides is 1. The highest BCUT2D eigenvalue weighted by Gasteiger charge is 2.13. The van der Waals surface area contributed by atoms with Crippen LogP contribution in [0.2, 0.25) is 0 Å². The van der Waals surface area contributed by atoms with Crippen molar-refractivity contribution in [1.82, 2.24) is 10.2 Å². The van der Waals surface area contributed by atoms with Gasteiger partial charge in [0, 0.05) is 29.7 Å². The molecule has 0 saturated carbocycles. The van der Waals surface area contributed by atoms with Gasteiger partial charge in [-0.15, -0.1) is 0 Å². The highest BCUT2D eigenvalue weighted by atomic mass is 79.9. The van der Waals surface area contributed by atoms with Crippen molar-refractivity contribution in [2.45, 2.75) is 19.9 Å². The number of rotatable bonds is 5. The third-order valence-electron chi connectivity index (χ3n) is 2.89. The largest absolute Gasteiger partial charge is 0.345 e. The Morgan fingerprint density at radius 1 is 1.56 bits per heavy atom. The first-order valence-electron chi connectivity index (χ1n) is 5.88. The number of halogens is 2. The topological polar surface area (TPSA) is 32.3 Å². The van der Waals surface area contributed by atoms with Gasteiger partial charge in [-0.3, -0.25) is 4.79 Å². The van der Waals surface area contributed by atoms with Gasteiger partial charge in [0.25, 0.3) is 0 Å². The zero-order chi connectivity index (χ0) is 13.7. The molecule has 1 rings (SSSR count). The number of carbonyl (C=O) groups excluding carboxylic acids is 1. The summed E-state index contributed by atoms with van der Waals surface area (Å²) in [6, 6.07) is 4.72. The average Bonchev–Trinajstić information content (AvgIpc) is 2.34. The van der Waals surface area contributed by atoms with E-state index in [9.17, 15) is 9.18 Å². The van der Waals surface area contributed by atoms with Gasteiger partial charge in [-0.05, 0) is 26.0 Å². The van der Waals surface area contributed by atoms with Crippen LogP contribution in [0.5, 0.6) is 0 Å². The van der Waals surface area contributed by atoms with E-state index in [1.54, 1.807) is 24.1 Å². The molecule has 5 heteroatoms. The van der Waals surface area contributed by atoms with Crippen molar-refractivity contribution in [2.24, 2.45) is 0 Å². The number of hydrogen-bond acceptors (Lipinski definition) is 2. The fourth-order valence-corrected chi connectivity index (χ4v) is 1.85. The van der Waals surface area contributed by atoms with Gasteiger partial charge in [-0.25, -0.2) is 4.39 Å². The number of nitrogens with zero attached hydrogens (tertiary/aromatic N) is 1. The van der Waals surface area contributed by atoms with E-state index in [0.717, 1.165) is 0 Å². The molecule has 0 saturated heterocycles. The zero-order valence-corrected chi connectivity index (χ0v) is 12.4. The number of hydrogen-bond donors (Lipinski definition) is 1. The van der Waals surface area contributed by atoms with E-state index < -0.39 is 0 Å². The van der Waals surface area contributed by atoms with Crippen LogP contribution in [0.15, 0.2) is 22.7 Å². The lowest BCUT2D eigenvalue weighted by Gasteiger charge is -2.18. The SMILES string of the molecule is CCN(C)C(=O)CN[C@@H](C)c1ccc(Br)cc1F. The van der Waals surface area contributed by atoms with Crippen molar-refractivity contribution >= 4 is 21.8 Å². The van der Waals surface area contributed by atoms with Crippen molar-refractivity contribution in [2.75, 3.05) is 20.1 Å². The van der Waals surface area contributed by atoms with Crippen LogP contribution >= 0.6 is 15.9 Å².